The summed E-state index contributed by atoms with van der Waals surface area (Å²) in [5.41, 5.74) is 4.35. The molecule has 148 valence electrons. The maximum Gasteiger partial charge on any atom is 0.0633 e. The summed E-state index contributed by atoms with van der Waals surface area (Å²) in [4.78, 5) is 9.97. The van der Waals surface area contributed by atoms with Crippen LogP contribution in [0.1, 0.15) is 65.2 Å². The number of nitrogens with zero attached hydrogens (tertiary/aromatic N) is 2. The fourth-order valence-corrected chi connectivity index (χ4v) is 2.91. The van der Waals surface area contributed by atoms with Crippen LogP contribution in [0.4, 0.5) is 11.4 Å². The van der Waals surface area contributed by atoms with Gasteiger partial charge in [-0.3, -0.25) is 9.98 Å². The average Bonchev–Trinajstić information content (AvgIpc) is 2.69. The average molecular weight is 407 g/mol. The van der Waals surface area contributed by atoms with Gasteiger partial charge in [-0.15, -0.1) is 0 Å². The largest absolute Gasteiger partial charge is 0.252 e. The molecule has 2 aromatic rings. The van der Waals surface area contributed by atoms with Gasteiger partial charge in [0.2, 0.25) is 0 Å². The Morgan fingerprint density at radius 1 is 0.593 bits per heavy atom. The Morgan fingerprint density at radius 3 is 1.48 bits per heavy atom. The van der Waals surface area contributed by atoms with E-state index in [9.17, 15) is 0 Å². The Kier molecular flexibility index (Phi) is 12.4. The van der Waals surface area contributed by atoms with E-state index in [0.717, 1.165) is 42.1 Å². The molecule has 2 aromatic carbocycles. The molecule has 0 amide bonds. The number of para-hydroxylation sites is 2. The van der Waals surface area contributed by atoms with Crippen LogP contribution in [0.5, 0.6) is 0 Å². The molecule has 0 saturated carbocycles. The van der Waals surface area contributed by atoms with Crippen molar-refractivity contribution in [2.24, 2.45) is 9.98 Å². The maximum atomic E-state index is 4.99. The van der Waals surface area contributed by atoms with E-state index in [2.05, 4.69) is 38.1 Å². The van der Waals surface area contributed by atoms with Crippen molar-refractivity contribution in [3.05, 3.63) is 60.7 Å². The van der Waals surface area contributed by atoms with Crippen molar-refractivity contribution in [3.63, 3.8) is 0 Å². The molecule has 0 bridgehead atoms. The maximum absolute atomic E-state index is 4.99. The van der Waals surface area contributed by atoms with Crippen molar-refractivity contribution in [3.8, 4) is 0 Å². The van der Waals surface area contributed by atoms with Gasteiger partial charge in [-0.25, -0.2) is 0 Å². The molecule has 0 atom stereocenters. The van der Waals surface area contributed by atoms with Crippen molar-refractivity contribution in [2.75, 3.05) is 0 Å². The molecule has 0 radical (unpaired) electrons. The first kappa shape index (κ1) is 23.3. The minimum Gasteiger partial charge on any atom is -0.252 e. The molecule has 0 N–H and O–H groups in total. The fraction of sp³-hybridized carbons (Fsp3) is 0.417. The monoisotopic (exact) mass is 406 g/mol. The molecule has 0 aliphatic rings. The topological polar surface area (TPSA) is 24.7 Å². The van der Waals surface area contributed by atoms with Gasteiger partial charge >= 0.3 is 0 Å². The molecule has 2 nitrogen and oxygen atoms in total. The Balaban J connectivity index is 0.00000364. The van der Waals surface area contributed by atoms with E-state index in [-0.39, 0.29) is 16.5 Å². The Bertz CT molecular complexity index is 678. The fourth-order valence-electron chi connectivity index (χ4n) is 2.91. The molecule has 27 heavy (non-hydrogen) atoms. The van der Waals surface area contributed by atoms with Gasteiger partial charge in [0.05, 0.1) is 22.8 Å². The van der Waals surface area contributed by atoms with Crippen LogP contribution in [0.2, 0.25) is 0 Å². The van der Waals surface area contributed by atoms with E-state index in [1.165, 1.54) is 32.1 Å². The SMILES string of the molecule is CCCCCCC(=N\c1ccccc1)/C(CCCC)=N/c1ccccc1.[Ni]. The van der Waals surface area contributed by atoms with Crippen molar-refractivity contribution >= 4 is 22.8 Å². The zero-order valence-electron chi connectivity index (χ0n) is 16.6. The summed E-state index contributed by atoms with van der Waals surface area (Å²) in [6, 6.07) is 20.6. The van der Waals surface area contributed by atoms with Crippen LogP contribution in [0, 0.1) is 0 Å². The summed E-state index contributed by atoms with van der Waals surface area (Å²) in [7, 11) is 0. The predicted molar refractivity (Wildman–Crippen MR) is 115 cm³/mol. The Labute approximate surface area is 175 Å². The van der Waals surface area contributed by atoms with Gasteiger partial charge in [0, 0.05) is 16.5 Å². The number of unbranched alkanes of at least 4 members (excludes halogenated alkanes) is 4. The molecule has 0 saturated heterocycles. The van der Waals surface area contributed by atoms with Crippen molar-refractivity contribution in [1.82, 2.24) is 0 Å². The molecule has 2 rings (SSSR count). The van der Waals surface area contributed by atoms with Crippen molar-refractivity contribution < 1.29 is 16.5 Å². The third-order valence-electron chi connectivity index (χ3n) is 4.41. The van der Waals surface area contributed by atoms with E-state index in [4.69, 9.17) is 9.98 Å². The van der Waals surface area contributed by atoms with Crippen LogP contribution >= 0.6 is 0 Å². The van der Waals surface area contributed by atoms with E-state index < -0.39 is 0 Å². The summed E-state index contributed by atoms with van der Waals surface area (Å²) in [6.07, 6.45) is 9.30. The molecule has 0 heterocycles. The first-order valence-electron chi connectivity index (χ1n) is 10.1. The molecule has 0 fully saturated rings. The molecular weight excluding hydrogens is 375 g/mol. The van der Waals surface area contributed by atoms with Gasteiger partial charge in [0.25, 0.3) is 0 Å². The summed E-state index contributed by atoms with van der Waals surface area (Å²) < 4.78 is 0. The summed E-state index contributed by atoms with van der Waals surface area (Å²) in [6.45, 7) is 4.48. The quantitative estimate of drug-likeness (QED) is 0.207. The molecule has 3 heteroatoms. The van der Waals surface area contributed by atoms with Gasteiger partial charge < -0.3 is 0 Å². The summed E-state index contributed by atoms with van der Waals surface area (Å²) in [5.74, 6) is 0. The first-order valence-corrected chi connectivity index (χ1v) is 10.1. The van der Waals surface area contributed by atoms with Crippen LogP contribution < -0.4 is 0 Å². The van der Waals surface area contributed by atoms with Crippen LogP contribution in [-0.4, -0.2) is 11.4 Å². The Morgan fingerprint density at radius 2 is 1.04 bits per heavy atom. The van der Waals surface area contributed by atoms with Gasteiger partial charge in [-0.05, 0) is 49.9 Å². The second-order valence-electron chi connectivity index (χ2n) is 6.70. The standard InChI is InChI=1S/C24H32N2.Ni/c1-3-5-7-14-20-24(26-22-17-12-9-13-18-22)23(19-6-4-2)25-21-15-10-8-11-16-21;/h8-13,15-18H,3-7,14,19-20H2,1-2H3;/b25-23+,26-24+;. The minimum atomic E-state index is 0. The van der Waals surface area contributed by atoms with Crippen LogP contribution in [0.3, 0.4) is 0 Å². The normalized spacial score (nSPS) is 11.9. The zero-order valence-corrected chi connectivity index (χ0v) is 17.6. The molecule has 0 aliphatic heterocycles. The first-order chi connectivity index (χ1) is 12.8. The van der Waals surface area contributed by atoms with E-state index in [1.54, 1.807) is 0 Å². The number of rotatable bonds is 11. The molecule has 0 aliphatic carbocycles. The second-order valence-corrected chi connectivity index (χ2v) is 6.70. The summed E-state index contributed by atoms with van der Waals surface area (Å²) in [5, 5.41) is 0. The van der Waals surface area contributed by atoms with Gasteiger partial charge in [-0.2, -0.15) is 0 Å². The number of benzene rings is 2. The van der Waals surface area contributed by atoms with Crippen molar-refractivity contribution in [1.29, 1.82) is 0 Å². The predicted octanol–water partition coefficient (Wildman–Crippen LogP) is 7.69. The van der Waals surface area contributed by atoms with E-state index >= 15 is 0 Å². The van der Waals surface area contributed by atoms with E-state index in [0.29, 0.717) is 0 Å². The second kappa shape index (κ2) is 14.3. The Hall–Kier alpha value is -1.73. The summed E-state index contributed by atoms with van der Waals surface area (Å²) >= 11 is 0. The number of hydrogen-bond acceptors (Lipinski definition) is 2. The minimum absolute atomic E-state index is 0. The van der Waals surface area contributed by atoms with Gasteiger partial charge in [0.15, 0.2) is 0 Å². The van der Waals surface area contributed by atoms with Crippen LogP contribution in [0.25, 0.3) is 0 Å². The molecule has 0 spiro atoms. The third kappa shape index (κ3) is 9.15. The van der Waals surface area contributed by atoms with E-state index in [1.807, 2.05) is 36.4 Å². The van der Waals surface area contributed by atoms with Gasteiger partial charge in [-0.1, -0.05) is 75.9 Å². The van der Waals surface area contributed by atoms with Crippen LogP contribution in [-0.2, 0) is 16.5 Å². The zero-order chi connectivity index (χ0) is 18.5. The van der Waals surface area contributed by atoms with Gasteiger partial charge in [0.1, 0.15) is 0 Å². The smallest absolute Gasteiger partial charge is 0.0633 e. The van der Waals surface area contributed by atoms with Crippen molar-refractivity contribution in [2.45, 2.75) is 65.2 Å². The molecular formula is C24H32N2Ni. The molecule has 0 unspecified atom stereocenters. The number of aliphatic imine (C=N–C) groups is 2. The third-order valence-corrected chi connectivity index (χ3v) is 4.41. The number of hydrogen-bond donors (Lipinski definition) is 0. The van der Waals surface area contributed by atoms with Crippen LogP contribution in [0.15, 0.2) is 70.6 Å². The molecule has 0 aromatic heterocycles.